The van der Waals surface area contributed by atoms with E-state index in [9.17, 15) is 0 Å². The average Bonchev–Trinajstić information content (AvgIpc) is 2.26. The van der Waals surface area contributed by atoms with E-state index in [0.717, 1.165) is 0 Å². The van der Waals surface area contributed by atoms with E-state index in [1.54, 1.807) is 7.11 Å². The molecule has 1 aliphatic carbocycles. The predicted molar refractivity (Wildman–Crippen MR) is 71.1 cm³/mol. The largest absolute Gasteiger partial charge is 0.377 e. The van der Waals surface area contributed by atoms with Gasteiger partial charge in [0.2, 0.25) is 0 Å². The normalized spacial score (nSPS) is 18.8. The highest BCUT2D eigenvalue weighted by molar-refractivity contribution is 5.35. The van der Waals surface area contributed by atoms with Crippen LogP contribution in [0.5, 0.6) is 0 Å². The maximum Gasteiger partial charge on any atom is 0.0814 e. The lowest BCUT2D eigenvalue weighted by Gasteiger charge is -2.35. The van der Waals surface area contributed by atoms with Gasteiger partial charge in [-0.1, -0.05) is 30.7 Å². The SMILES string of the molecule is COC(C)(C)C(N)c1ccccc1C1CCC1. The lowest BCUT2D eigenvalue weighted by Crippen LogP contribution is -2.38. The summed E-state index contributed by atoms with van der Waals surface area (Å²) in [6.07, 6.45) is 3.95. The number of nitrogens with two attached hydrogens (primary N) is 1. The zero-order valence-electron chi connectivity index (χ0n) is 11.1. The molecule has 0 saturated heterocycles. The van der Waals surface area contributed by atoms with E-state index < -0.39 is 0 Å². The second-order valence-corrected chi connectivity index (χ2v) is 5.54. The number of methoxy groups -OCH3 is 1. The minimum absolute atomic E-state index is 0.0655. The van der Waals surface area contributed by atoms with Crippen LogP contribution in [0.4, 0.5) is 0 Å². The van der Waals surface area contributed by atoms with Gasteiger partial charge in [-0.3, -0.25) is 0 Å². The van der Waals surface area contributed by atoms with Gasteiger partial charge in [0, 0.05) is 7.11 Å². The van der Waals surface area contributed by atoms with Crippen molar-refractivity contribution in [1.29, 1.82) is 0 Å². The van der Waals surface area contributed by atoms with E-state index in [1.807, 2.05) is 0 Å². The molecule has 2 rings (SSSR count). The summed E-state index contributed by atoms with van der Waals surface area (Å²) in [5.74, 6) is 0.713. The van der Waals surface area contributed by atoms with Crippen LogP contribution in [0.15, 0.2) is 24.3 Å². The van der Waals surface area contributed by atoms with E-state index >= 15 is 0 Å². The van der Waals surface area contributed by atoms with Crippen molar-refractivity contribution in [1.82, 2.24) is 0 Å². The third-order valence-electron chi connectivity index (χ3n) is 4.15. The number of ether oxygens (including phenoxy) is 1. The van der Waals surface area contributed by atoms with Crippen LogP contribution in [0.1, 0.15) is 56.2 Å². The molecule has 1 atom stereocenters. The summed E-state index contributed by atoms with van der Waals surface area (Å²) < 4.78 is 5.52. The molecule has 94 valence electrons. The topological polar surface area (TPSA) is 35.2 Å². The first kappa shape index (κ1) is 12.6. The Bertz CT molecular complexity index is 382. The van der Waals surface area contributed by atoms with Crippen LogP contribution in [0.3, 0.4) is 0 Å². The van der Waals surface area contributed by atoms with Gasteiger partial charge in [0.05, 0.1) is 11.6 Å². The van der Waals surface area contributed by atoms with Gasteiger partial charge < -0.3 is 10.5 Å². The molecule has 0 aromatic heterocycles. The maximum absolute atomic E-state index is 6.38. The van der Waals surface area contributed by atoms with Crippen LogP contribution in [0.25, 0.3) is 0 Å². The fraction of sp³-hybridized carbons (Fsp3) is 0.600. The van der Waals surface area contributed by atoms with Crippen LogP contribution in [-0.2, 0) is 4.74 Å². The van der Waals surface area contributed by atoms with Crippen LogP contribution >= 0.6 is 0 Å². The van der Waals surface area contributed by atoms with E-state index in [-0.39, 0.29) is 11.6 Å². The quantitative estimate of drug-likeness (QED) is 0.865. The van der Waals surface area contributed by atoms with Crippen LogP contribution in [0.2, 0.25) is 0 Å². The number of hydrogen-bond donors (Lipinski definition) is 1. The molecular formula is C15H23NO. The molecule has 0 radical (unpaired) electrons. The lowest BCUT2D eigenvalue weighted by molar-refractivity contribution is -0.000409. The van der Waals surface area contributed by atoms with Crippen molar-refractivity contribution in [3.8, 4) is 0 Å². The monoisotopic (exact) mass is 233 g/mol. The van der Waals surface area contributed by atoms with Crippen LogP contribution in [-0.4, -0.2) is 12.7 Å². The highest BCUT2D eigenvalue weighted by Gasteiger charge is 2.31. The molecule has 1 aromatic carbocycles. The van der Waals surface area contributed by atoms with Crippen molar-refractivity contribution >= 4 is 0 Å². The molecule has 2 N–H and O–H groups in total. The van der Waals surface area contributed by atoms with Crippen molar-refractivity contribution in [2.75, 3.05) is 7.11 Å². The molecule has 1 saturated carbocycles. The minimum Gasteiger partial charge on any atom is -0.377 e. The lowest BCUT2D eigenvalue weighted by atomic mass is 9.75. The molecule has 1 fully saturated rings. The average molecular weight is 233 g/mol. The van der Waals surface area contributed by atoms with Gasteiger partial charge >= 0.3 is 0 Å². The Labute approximate surface area is 104 Å². The van der Waals surface area contributed by atoms with E-state index in [1.165, 1.54) is 30.4 Å². The molecule has 17 heavy (non-hydrogen) atoms. The van der Waals surface area contributed by atoms with Crippen molar-refractivity contribution in [2.45, 2.75) is 50.7 Å². The number of benzene rings is 1. The highest BCUT2D eigenvalue weighted by atomic mass is 16.5. The second kappa shape index (κ2) is 4.79. The number of hydrogen-bond acceptors (Lipinski definition) is 2. The minimum atomic E-state index is -0.320. The van der Waals surface area contributed by atoms with Gasteiger partial charge in [-0.05, 0) is 43.7 Å². The molecule has 0 aliphatic heterocycles. The van der Waals surface area contributed by atoms with Gasteiger partial charge in [-0.2, -0.15) is 0 Å². The Morgan fingerprint density at radius 1 is 1.29 bits per heavy atom. The van der Waals surface area contributed by atoms with Crippen molar-refractivity contribution in [3.05, 3.63) is 35.4 Å². The highest BCUT2D eigenvalue weighted by Crippen LogP contribution is 2.40. The zero-order valence-corrected chi connectivity index (χ0v) is 11.1. The van der Waals surface area contributed by atoms with E-state index in [2.05, 4.69) is 38.1 Å². The van der Waals surface area contributed by atoms with Crippen molar-refractivity contribution < 1.29 is 4.74 Å². The first-order valence-electron chi connectivity index (χ1n) is 6.46. The summed E-state index contributed by atoms with van der Waals surface area (Å²) in [6, 6.07) is 8.50. The summed E-state index contributed by atoms with van der Waals surface area (Å²) >= 11 is 0. The Hall–Kier alpha value is -0.860. The second-order valence-electron chi connectivity index (χ2n) is 5.54. The van der Waals surface area contributed by atoms with Gasteiger partial charge in [0.25, 0.3) is 0 Å². The smallest absolute Gasteiger partial charge is 0.0814 e. The molecule has 1 unspecified atom stereocenters. The molecule has 1 aromatic rings. The molecule has 0 heterocycles. The van der Waals surface area contributed by atoms with E-state index in [4.69, 9.17) is 10.5 Å². The third kappa shape index (κ3) is 2.38. The Kier molecular flexibility index (Phi) is 3.55. The summed E-state index contributed by atoms with van der Waals surface area (Å²) in [6.45, 7) is 4.10. The molecular weight excluding hydrogens is 210 g/mol. The van der Waals surface area contributed by atoms with Gasteiger partial charge in [0.15, 0.2) is 0 Å². The number of rotatable bonds is 4. The van der Waals surface area contributed by atoms with Crippen molar-refractivity contribution in [2.24, 2.45) is 5.73 Å². The fourth-order valence-corrected chi connectivity index (χ4v) is 2.39. The summed E-state index contributed by atoms with van der Waals surface area (Å²) in [4.78, 5) is 0. The summed E-state index contributed by atoms with van der Waals surface area (Å²) in [7, 11) is 1.73. The van der Waals surface area contributed by atoms with Gasteiger partial charge in [-0.25, -0.2) is 0 Å². The fourth-order valence-electron chi connectivity index (χ4n) is 2.39. The molecule has 2 heteroatoms. The molecule has 1 aliphatic rings. The van der Waals surface area contributed by atoms with Gasteiger partial charge in [-0.15, -0.1) is 0 Å². The summed E-state index contributed by atoms with van der Waals surface area (Å²) in [5.41, 5.74) is 8.74. The first-order chi connectivity index (χ1) is 8.06. The van der Waals surface area contributed by atoms with Crippen molar-refractivity contribution in [3.63, 3.8) is 0 Å². The predicted octanol–water partition coefficient (Wildman–Crippen LogP) is 3.38. The maximum atomic E-state index is 6.38. The Balaban J connectivity index is 2.31. The van der Waals surface area contributed by atoms with E-state index in [0.29, 0.717) is 5.92 Å². The standard InChI is InChI=1S/C15H23NO/c1-15(2,17-3)14(16)13-10-5-4-9-12(13)11-7-6-8-11/h4-5,9-11,14H,6-8,16H2,1-3H3. The Morgan fingerprint density at radius 3 is 2.47 bits per heavy atom. The molecule has 0 spiro atoms. The summed E-state index contributed by atoms with van der Waals surface area (Å²) in [5, 5.41) is 0. The van der Waals surface area contributed by atoms with Crippen LogP contribution < -0.4 is 5.73 Å². The third-order valence-corrected chi connectivity index (χ3v) is 4.15. The Morgan fingerprint density at radius 2 is 1.94 bits per heavy atom. The van der Waals surface area contributed by atoms with Crippen LogP contribution in [0, 0.1) is 0 Å². The molecule has 0 bridgehead atoms. The zero-order chi connectivity index (χ0) is 12.5. The molecule has 0 amide bonds. The first-order valence-corrected chi connectivity index (χ1v) is 6.46. The van der Waals surface area contributed by atoms with Gasteiger partial charge in [0.1, 0.15) is 0 Å². The molecule has 2 nitrogen and oxygen atoms in total.